The van der Waals surface area contributed by atoms with Crippen LogP contribution < -0.4 is 20.7 Å². The average Bonchev–Trinajstić information content (AvgIpc) is 3.07. The molecule has 2 rings (SSSR count). The van der Waals surface area contributed by atoms with Crippen molar-refractivity contribution in [2.24, 2.45) is 0 Å². The van der Waals surface area contributed by atoms with Crippen LogP contribution in [0.1, 0.15) is 10.6 Å². The van der Waals surface area contributed by atoms with Crippen molar-refractivity contribution in [1.29, 1.82) is 0 Å². The Balaban J connectivity index is 2.07. The molecule has 0 bridgehead atoms. The lowest BCUT2D eigenvalue weighted by atomic mass is 10.3. The summed E-state index contributed by atoms with van der Waals surface area (Å²) in [5.74, 6) is -1.13. The van der Waals surface area contributed by atoms with Crippen LogP contribution in [-0.4, -0.2) is 46.1 Å². The molecule has 0 saturated carbocycles. The maximum Gasteiger partial charge on any atom is 0.573 e. The molecule has 31 heavy (non-hydrogen) atoms. The van der Waals surface area contributed by atoms with E-state index in [0.29, 0.717) is 0 Å². The summed E-state index contributed by atoms with van der Waals surface area (Å²) in [4.78, 5) is 28.3. The molecule has 0 saturated heterocycles. The molecule has 14 heteroatoms. The highest BCUT2D eigenvalue weighted by Crippen LogP contribution is 2.24. The molecule has 0 fully saturated rings. The van der Waals surface area contributed by atoms with Crippen LogP contribution in [0.2, 0.25) is 0 Å². The number of halogens is 5. The largest absolute Gasteiger partial charge is 0.573 e. The molecule has 1 aromatic heterocycles. The molecule has 168 valence electrons. The van der Waals surface area contributed by atoms with Gasteiger partial charge in [-0.3, -0.25) is 10.1 Å². The average molecular weight is 482 g/mol. The Kier molecular flexibility index (Phi) is 8.54. The predicted molar refractivity (Wildman–Crippen MR) is 107 cm³/mol. The van der Waals surface area contributed by atoms with E-state index in [2.05, 4.69) is 25.7 Å². The minimum Gasteiger partial charge on any atom is -0.406 e. The van der Waals surface area contributed by atoms with Crippen LogP contribution in [0.4, 0.5) is 29.5 Å². The number of allylic oxidation sites excluding steroid dienone is 1. The van der Waals surface area contributed by atoms with Crippen molar-refractivity contribution in [3.05, 3.63) is 46.9 Å². The summed E-state index contributed by atoms with van der Waals surface area (Å²) in [5.41, 5.74) is 0.184. The molecular formula is C17H16Cl2F3N5O4. The SMILES string of the molecule is O=C(Nc1ccc(OC(F)(F)F)cc1)Nc1cn(CC=C(Cl)Cl)c(C(=O)NCCO)n1. The Bertz CT molecular complexity index is 944. The Hall–Kier alpha value is -2.96. The summed E-state index contributed by atoms with van der Waals surface area (Å²) < 4.78 is 41.6. The first kappa shape index (κ1) is 24.3. The maximum atomic E-state index is 12.2. The molecule has 0 radical (unpaired) electrons. The lowest BCUT2D eigenvalue weighted by Crippen LogP contribution is -2.29. The third kappa shape index (κ3) is 8.36. The van der Waals surface area contributed by atoms with E-state index in [1.54, 1.807) is 0 Å². The zero-order valence-electron chi connectivity index (χ0n) is 15.5. The highest BCUT2D eigenvalue weighted by molar-refractivity contribution is 6.55. The Labute approximate surface area is 183 Å². The standard InChI is InChI=1S/C17H16Cl2F3N5O4/c18-12(19)5-7-27-9-13(25-14(27)15(29)23-6-8-28)26-16(30)24-10-1-3-11(4-2-10)31-17(20,21)22/h1-5,9,28H,6-8H2,(H,23,29)(H2,24,26,30). The second-order valence-electron chi connectivity index (χ2n) is 5.73. The van der Waals surface area contributed by atoms with Gasteiger partial charge in [0, 0.05) is 25.0 Å². The summed E-state index contributed by atoms with van der Waals surface area (Å²) in [7, 11) is 0. The number of benzene rings is 1. The van der Waals surface area contributed by atoms with Gasteiger partial charge in [-0.2, -0.15) is 0 Å². The van der Waals surface area contributed by atoms with Gasteiger partial charge in [0.2, 0.25) is 5.82 Å². The van der Waals surface area contributed by atoms with Gasteiger partial charge in [0.25, 0.3) is 5.91 Å². The minimum absolute atomic E-state index is 0.00256. The van der Waals surface area contributed by atoms with E-state index in [4.69, 9.17) is 28.3 Å². The normalized spacial score (nSPS) is 10.9. The number of anilines is 2. The first-order chi connectivity index (χ1) is 14.6. The number of aromatic nitrogens is 2. The molecule has 9 nitrogen and oxygen atoms in total. The van der Waals surface area contributed by atoms with Gasteiger partial charge in [0.1, 0.15) is 10.2 Å². The third-order valence-corrected chi connectivity index (χ3v) is 3.72. The number of hydrogen-bond donors (Lipinski definition) is 4. The van der Waals surface area contributed by atoms with Crippen molar-refractivity contribution in [2.75, 3.05) is 23.8 Å². The van der Waals surface area contributed by atoms with Gasteiger partial charge in [-0.05, 0) is 30.3 Å². The fourth-order valence-electron chi connectivity index (χ4n) is 2.23. The van der Waals surface area contributed by atoms with Gasteiger partial charge in [-0.25, -0.2) is 9.78 Å². The summed E-state index contributed by atoms with van der Waals surface area (Å²) in [6.45, 7) is -0.212. The third-order valence-electron chi connectivity index (χ3n) is 3.41. The monoisotopic (exact) mass is 481 g/mol. The molecule has 3 amide bonds. The Morgan fingerprint density at radius 1 is 1.19 bits per heavy atom. The van der Waals surface area contributed by atoms with Crippen LogP contribution >= 0.6 is 23.2 Å². The smallest absolute Gasteiger partial charge is 0.406 e. The van der Waals surface area contributed by atoms with E-state index in [9.17, 15) is 22.8 Å². The van der Waals surface area contributed by atoms with Crippen LogP contribution in [0.25, 0.3) is 0 Å². The topological polar surface area (TPSA) is 118 Å². The molecule has 1 aromatic carbocycles. The first-order valence-electron chi connectivity index (χ1n) is 8.48. The Morgan fingerprint density at radius 2 is 1.87 bits per heavy atom. The number of carbonyl (C=O) groups is 2. The van der Waals surface area contributed by atoms with Crippen molar-refractivity contribution in [3.8, 4) is 5.75 Å². The number of imidazole rings is 1. The van der Waals surface area contributed by atoms with Crippen LogP contribution in [0.5, 0.6) is 5.75 Å². The van der Waals surface area contributed by atoms with Crippen LogP contribution in [0.15, 0.2) is 41.0 Å². The van der Waals surface area contributed by atoms with E-state index < -0.39 is 24.1 Å². The lowest BCUT2D eigenvalue weighted by molar-refractivity contribution is -0.274. The van der Waals surface area contributed by atoms with E-state index in [-0.39, 0.29) is 41.5 Å². The molecule has 0 atom stereocenters. The summed E-state index contributed by atoms with van der Waals surface area (Å²) in [6, 6.07) is 3.72. The van der Waals surface area contributed by atoms with Gasteiger partial charge >= 0.3 is 12.4 Å². The number of carbonyl (C=O) groups excluding carboxylic acids is 2. The summed E-state index contributed by atoms with van der Waals surface area (Å²) in [5, 5.41) is 16.0. The number of nitrogens with zero attached hydrogens (tertiary/aromatic N) is 2. The lowest BCUT2D eigenvalue weighted by Gasteiger charge is -2.10. The second kappa shape index (κ2) is 10.9. The number of aliphatic hydroxyl groups excluding tert-OH is 1. The number of urea groups is 1. The van der Waals surface area contributed by atoms with Crippen molar-refractivity contribution < 1.29 is 32.6 Å². The predicted octanol–water partition coefficient (Wildman–Crippen LogP) is 3.47. The van der Waals surface area contributed by atoms with Gasteiger partial charge in [-0.1, -0.05) is 23.2 Å². The van der Waals surface area contributed by atoms with Crippen molar-refractivity contribution in [2.45, 2.75) is 12.9 Å². The number of amides is 3. The highest BCUT2D eigenvalue weighted by Gasteiger charge is 2.31. The van der Waals surface area contributed by atoms with Crippen LogP contribution in [0, 0.1) is 0 Å². The van der Waals surface area contributed by atoms with Gasteiger partial charge in [0.05, 0.1) is 6.61 Å². The van der Waals surface area contributed by atoms with Gasteiger partial charge < -0.3 is 25.0 Å². The van der Waals surface area contributed by atoms with Crippen molar-refractivity contribution in [3.63, 3.8) is 0 Å². The van der Waals surface area contributed by atoms with E-state index >= 15 is 0 Å². The van der Waals surface area contributed by atoms with Crippen molar-refractivity contribution >= 4 is 46.6 Å². The number of ether oxygens (including phenoxy) is 1. The quantitative estimate of drug-likeness (QED) is 0.460. The number of aliphatic hydroxyl groups is 1. The van der Waals surface area contributed by atoms with Gasteiger partial charge in [0.15, 0.2) is 5.82 Å². The highest BCUT2D eigenvalue weighted by atomic mass is 35.5. The van der Waals surface area contributed by atoms with Crippen molar-refractivity contribution in [1.82, 2.24) is 14.9 Å². The molecule has 0 aliphatic carbocycles. The Morgan fingerprint density at radius 3 is 2.45 bits per heavy atom. The zero-order valence-corrected chi connectivity index (χ0v) is 17.1. The zero-order chi connectivity index (χ0) is 23.0. The molecule has 1 heterocycles. The fourth-order valence-corrected chi connectivity index (χ4v) is 2.37. The summed E-state index contributed by atoms with van der Waals surface area (Å²) >= 11 is 11.2. The van der Waals surface area contributed by atoms with Gasteiger partial charge in [-0.15, -0.1) is 13.2 Å². The van der Waals surface area contributed by atoms with E-state index in [1.807, 2.05) is 0 Å². The van der Waals surface area contributed by atoms with E-state index in [1.165, 1.54) is 29.0 Å². The fraction of sp³-hybridized carbons (Fsp3) is 0.235. The number of alkyl halides is 3. The molecule has 0 aliphatic heterocycles. The maximum absolute atomic E-state index is 12.2. The molecule has 0 unspecified atom stereocenters. The molecule has 0 spiro atoms. The minimum atomic E-state index is -4.82. The van der Waals surface area contributed by atoms with Crippen LogP contribution in [0.3, 0.4) is 0 Å². The molecular weight excluding hydrogens is 466 g/mol. The van der Waals surface area contributed by atoms with E-state index in [0.717, 1.165) is 12.1 Å². The number of hydrogen-bond acceptors (Lipinski definition) is 5. The molecule has 2 aromatic rings. The number of nitrogens with one attached hydrogen (secondary N) is 3. The number of rotatable bonds is 8. The molecule has 0 aliphatic rings. The summed E-state index contributed by atoms with van der Waals surface area (Å²) in [6.07, 6.45) is -2.09. The van der Waals surface area contributed by atoms with Crippen LogP contribution in [-0.2, 0) is 6.54 Å². The molecule has 4 N–H and O–H groups in total. The second-order valence-corrected chi connectivity index (χ2v) is 6.73. The first-order valence-corrected chi connectivity index (χ1v) is 9.24.